The number of carbonyl (C=O) groups is 2. The van der Waals surface area contributed by atoms with Crippen LogP contribution in [-0.4, -0.2) is 36.3 Å². The Morgan fingerprint density at radius 3 is 2.68 bits per heavy atom. The Balaban J connectivity index is 1.79. The van der Waals surface area contributed by atoms with E-state index >= 15 is 0 Å². The lowest BCUT2D eigenvalue weighted by Crippen LogP contribution is -2.43. The molecule has 104 valence electrons. The van der Waals surface area contributed by atoms with Crippen LogP contribution in [0.15, 0.2) is 21.2 Å². The number of nitrogens with one attached hydrogen (secondary N) is 1. The van der Waals surface area contributed by atoms with Crippen molar-refractivity contribution in [3.8, 4) is 0 Å². The molecule has 1 aromatic rings. The van der Waals surface area contributed by atoms with Gasteiger partial charge in [0.05, 0.1) is 6.54 Å². The van der Waals surface area contributed by atoms with Crippen LogP contribution in [0.2, 0.25) is 0 Å². The third-order valence-electron chi connectivity index (χ3n) is 3.33. The standard InChI is InChI=1S/C13H17BrN2O3/c1-9-4-6-16(7-5-9)12(17)8-15-13(18)10-2-3-11(14)19-10/h2-3,9H,4-8H2,1H3,(H,15,18). The minimum Gasteiger partial charge on any atom is -0.444 e. The highest BCUT2D eigenvalue weighted by atomic mass is 79.9. The lowest BCUT2D eigenvalue weighted by Gasteiger charge is -2.30. The van der Waals surface area contributed by atoms with E-state index in [0.717, 1.165) is 25.9 Å². The fraction of sp³-hybridized carbons (Fsp3) is 0.538. The van der Waals surface area contributed by atoms with Crippen molar-refractivity contribution in [2.24, 2.45) is 5.92 Å². The summed E-state index contributed by atoms with van der Waals surface area (Å²) in [5.41, 5.74) is 0. The molecule has 19 heavy (non-hydrogen) atoms. The van der Waals surface area contributed by atoms with E-state index in [1.54, 1.807) is 17.0 Å². The Bertz CT molecular complexity index is 464. The van der Waals surface area contributed by atoms with Gasteiger partial charge in [0.2, 0.25) is 5.91 Å². The van der Waals surface area contributed by atoms with Crippen molar-refractivity contribution in [1.29, 1.82) is 0 Å². The number of furan rings is 1. The van der Waals surface area contributed by atoms with Crippen molar-refractivity contribution in [3.63, 3.8) is 0 Å². The van der Waals surface area contributed by atoms with E-state index in [4.69, 9.17) is 4.42 Å². The molecule has 2 rings (SSSR count). The molecule has 0 spiro atoms. The molecule has 0 radical (unpaired) electrons. The SMILES string of the molecule is CC1CCN(C(=O)CNC(=O)c2ccc(Br)o2)CC1. The topological polar surface area (TPSA) is 62.6 Å². The van der Waals surface area contributed by atoms with Gasteiger partial charge < -0.3 is 14.6 Å². The van der Waals surface area contributed by atoms with Gasteiger partial charge in [0.1, 0.15) is 0 Å². The number of nitrogens with zero attached hydrogens (tertiary/aromatic N) is 1. The third-order valence-corrected chi connectivity index (χ3v) is 3.76. The first-order valence-electron chi connectivity index (χ1n) is 6.37. The number of carbonyl (C=O) groups excluding carboxylic acids is 2. The molecule has 1 saturated heterocycles. The number of amides is 2. The average molecular weight is 329 g/mol. The molecule has 5 nitrogen and oxygen atoms in total. The van der Waals surface area contributed by atoms with Crippen LogP contribution in [0.3, 0.4) is 0 Å². The first kappa shape index (κ1) is 14.1. The van der Waals surface area contributed by atoms with Crippen LogP contribution in [0.1, 0.15) is 30.3 Å². The van der Waals surface area contributed by atoms with Crippen molar-refractivity contribution >= 4 is 27.7 Å². The molecule has 1 fully saturated rings. The lowest BCUT2D eigenvalue weighted by atomic mass is 9.99. The summed E-state index contributed by atoms with van der Waals surface area (Å²) in [6.07, 6.45) is 2.07. The summed E-state index contributed by atoms with van der Waals surface area (Å²) in [5.74, 6) is 0.473. The summed E-state index contributed by atoms with van der Waals surface area (Å²) < 4.78 is 5.61. The van der Waals surface area contributed by atoms with Gasteiger partial charge in [0.15, 0.2) is 10.4 Å². The van der Waals surface area contributed by atoms with Crippen LogP contribution in [-0.2, 0) is 4.79 Å². The number of hydrogen-bond acceptors (Lipinski definition) is 3. The van der Waals surface area contributed by atoms with Crippen molar-refractivity contribution in [2.45, 2.75) is 19.8 Å². The maximum absolute atomic E-state index is 11.9. The second-order valence-corrected chi connectivity index (χ2v) is 5.63. The maximum Gasteiger partial charge on any atom is 0.287 e. The van der Waals surface area contributed by atoms with Gasteiger partial charge in [-0.15, -0.1) is 0 Å². The van der Waals surface area contributed by atoms with Crippen LogP contribution in [0.25, 0.3) is 0 Å². The summed E-state index contributed by atoms with van der Waals surface area (Å²) in [7, 11) is 0. The quantitative estimate of drug-likeness (QED) is 0.923. The van der Waals surface area contributed by atoms with Gasteiger partial charge in [-0.25, -0.2) is 0 Å². The normalized spacial score (nSPS) is 16.4. The minimum atomic E-state index is -0.371. The summed E-state index contributed by atoms with van der Waals surface area (Å²) in [5, 5.41) is 2.58. The van der Waals surface area contributed by atoms with Crippen LogP contribution in [0.4, 0.5) is 0 Å². The first-order valence-corrected chi connectivity index (χ1v) is 7.17. The molecule has 0 atom stereocenters. The number of likely N-dealkylation sites (tertiary alicyclic amines) is 1. The molecule has 0 aliphatic carbocycles. The van der Waals surface area contributed by atoms with Gasteiger partial charge in [0.25, 0.3) is 5.91 Å². The minimum absolute atomic E-state index is 0.0194. The molecule has 0 saturated carbocycles. The fourth-order valence-electron chi connectivity index (χ4n) is 2.05. The Kier molecular flexibility index (Phi) is 4.63. The summed E-state index contributed by atoms with van der Waals surface area (Å²) in [6, 6.07) is 3.20. The van der Waals surface area contributed by atoms with Crippen LogP contribution >= 0.6 is 15.9 Å². The molecule has 1 aromatic heterocycles. The number of piperidine rings is 1. The summed E-state index contributed by atoms with van der Waals surface area (Å²) >= 11 is 3.13. The van der Waals surface area contributed by atoms with E-state index in [2.05, 4.69) is 28.2 Å². The second-order valence-electron chi connectivity index (χ2n) is 4.85. The monoisotopic (exact) mass is 328 g/mol. The molecular formula is C13H17BrN2O3. The van der Waals surface area contributed by atoms with Gasteiger partial charge >= 0.3 is 0 Å². The van der Waals surface area contributed by atoms with Gasteiger partial charge in [-0.3, -0.25) is 9.59 Å². The molecule has 1 N–H and O–H groups in total. The molecule has 0 bridgehead atoms. The van der Waals surface area contributed by atoms with Crippen molar-refractivity contribution < 1.29 is 14.0 Å². The molecular weight excluding hydrogens is 312 g/mol. The van der Waals surface area contributed by atoms with Crippen LogP contribution in [0, 0.1) is 5.92 Å². The molecule has 2 amide bonds. The zero-order valence-corrected chi connectivity index (χ0v) is 12.4. The van der Waals surface area contributed by atoms with E-state index in [0.29, 0.717) is 10.6 Å². The predicted molar refractivity (Wildman–Crippen MR) is 73.7 cm³/mol. The van der Waals surface area contributed by atoms with E-state index in [1.807, 2.05) is 0 Å². The van der Waals surface area contributed by atoms with Crippen LogP contribution < -0.4 is 5.32 Å². The number of rotatable bonds is 3. The first-order chi connectivity index (χ1) is 9.06. The largest absolute Gasteiger partial charge is 0.444 e. The zero-order valence-electron chi connectivity index (χ0n) is 10.8. The smallest absolute Gasteiger partial charge is 0.287 e. The molecule has 1 aliphatic rings. The molecule has 2 heterocycles. The van der Waals surface area contributed by atoms with Gasteiger partial charge in [0, 0.05) is 13.1 Å². The highest BCUT2D eigenvalue weighted by Crippen LogP contribution is 2.16. The number of halogens is 1. The fourth-order valence-corrected chi connectivity index (χ4v) is 2.36. The Hall–Kier alpha value is -1.30. The highest BCUT2D eigenvalue weighted by molar-refractivity contribution is 9.10. The third kappa shape index (κ3) is 3.83. The highest BCUT2D eigenvalue weighted by Gasteiger charge is 2.21. The Morgan fingerprint density at radius 2 is 2.11 bits per heavy atom. The van der Waals surface area contributed by atoms with Crippen LogP contribution in [0.5, 0.6) is 0 Å². The summed E-state index contributed by atoms with van der Waals surface area (Å²) in [4.78, 5) is 25.4. The Labute approximate surface area is 120 Å². The van der Waals surface area contributed by atoms with Gasteiger partial charge in [-0.2, -0.15) is 0 Å². The van der Waals surface area contributed by atoms with Gasteiger partial charge in [-0.1, -0.05) is 6.92 Å². The van der Waals surface area contributed by atoms with E-state index in [9.17, 15) is 9.59 Å². The molecule has 0 aromatic carbocycles. The van der Waals surface area contributed by atoms with Gasteiger partial charge in [-0.05, 0) is 46.8 Å². The van der Waals surface area contributed by atoms with E-state index < -0.39 is 0 Å². The zero-order chi connectivity index (χ0) is 13.8. The van der Waals surface area contributed by atoms with E-state index in [1.165, 1.54) is 0 Å². The number of hydrogen-bond donors (Lipinski definition) is 1. The molecule has 6 heteroatoms. The Morgan fingerprint density at radius 1 is 1.42 bits per heavy atom. The van der Waals surface area contributed by atoms with E-state index in [-0.39, 0.29) is 24.1 Å². The predicted octanol–water partition coefficient (Wildman–Crippen LogP) is 2.03. The molecule has 1 aliphatic heterocycles. The summed E-state index contributed by atoms with van der Waals surface area (Å²) in [6.45, 7) is 3.77. The van der Waals surface area contributed by atoms with Crippen molar-refractivity contribution in [2.75, 3.05) is 19.6 Å². The van der Waals surface area contributed by atoms with Crippen molar-refractivity contribution in [1.82, 2.24) is 10.2 Å². The average Bonchev–Trinajstić information content (AvgIpc) is 2.83. The lowest BCUT2D eigenvalue weighted by molar-refractivity contribution is -0.131. The second kappa shape index (κ2) is 6.23. The van der Waals surface area contributed by atoms with Crippen molar-refractivity contribution in [3.05, 3.63) is 22.6 Å². The molecule has 0 unspecified atom stereocenters. The maximum atomic E-state index is 11.9.